The van der Waals surface area contributed by atoms with Gasteiger partial charge in [-0.25, -0.2) is 13.4 Å². The number of nitrogens with zero attached hydrogens (tertiary/aromatic N) is 2. The van der Waals surface area contributed by atoms with Crippen molar-refractivity contribution in [2.45, 2.75) is 16.8 Å². The van der Waals surface area contributed by atoms with E-state index in [1.54, 1.807) is 23.9 Å². The first kappa shape index (κ1) is 22.3. The summed E-state index contributed by atoms with van der Waals surface area (Å²) < 4.78 is 32.4. The van der Waals surface area contributed by atoms with Crippen molar-refractivity contribution < 1.29 is 17.9 Å². The van der Waals surface area contributed by atoms with Crippen LogP contribution in [0, 0.1) is 0 Å². The summed E-state index contributed by atoms with van der Waals surface area (Å²) in [5.41, 5.74) is 0.481. The van der Waals surface area contributed by atoms with Crippen LogP contribution in [0.3, 0.4) is 0 Å². The number of halogens is 2. The van der Waals surface area contributed by atoms with Crippen LogP contribution in [0.25, 0.3) is 0 Å². The van der Waals surface area contributed by atoms with Crippen molar-refractivity contribution in [3.63, 3.8) is 0 Å². The SMILES string of the molecule is CCSc1ccc(NC(=O)c2cc(S(=O)(=O)N3CCOCC3)c(Cl)cc2Cl)cn1. The Bertz CT molecular complexity index is 995. The second-order valence-electron chi connectivity index (χ2n) is 6.05. The van der Waals surface area contributed by atoms with Crippen LogP contribution in [-0.2, 0) is 14.8 Å². The van der Waals surface area contributed by atoms with Gasteiger partial charge < -0.3 is 10.1 Å². The van der Waals surface area contributed by atoms with Gasteiger partial charge in [-0.05, 0) is 30.0 Å². The fraction of sp³-hybridized carbons (Fsp3) is 0.333. The highest BCUT2D eigenvalue weighted by molar-refractivity contribution is 7.99. The summed E-state index contributed by atoms with van der Waals surface area (Å²) >= 11 is 13.9. The van der Waals surface area contributed by atoms with E-state index in [2.05, 4.69) is 10.3 Å². The lowest BCUT2D eigenvalue weighted by atomic mass is 10.2. The zero-order chi connectivity index (χ0) is 21.0. The number of rotatable bonds is 6. The number of hydrogen-bond donors (Lipinski definition) is 1. The third-order valence-corrected chi connectivity index (χ3v) is 7.64. The summed E-state index contributed by atoms with van der Waals surface area (Å²) in [6, 6.07) is 5.99. The van der Waals surface area contributed by atoms with Crippen LogP contribution in [0.15, 0.2) is 40.4 Å². The van der Waals surface area contributed by atoms with E-state index in [9.17, 15) is 13.2 Å². The van der Waals surface area contributed by atoms with Gasteiger partial charge >= 0.3 is 0 Å². The number of nitrogens with one attached hydrogen (secondary N) is 1. The summed E-state index contributed by atoms with van der Waals surface area (Å²) in [7, 11) is -3.88. The number of aromatic nitrogens is 1. The molecule has 0 spiro atoms. The number of anilines is 1. The Morgan fingerprint density at radius 2 is 1.97 bits per heavy atom. The van der Waals surface area contributed by atoms with E-state index >= 15 is 0 Å². The largest absolute Gasteiger partial charge is 0.379 e. The highest BCUT2D eigenvalue weighted by Gasteiger charge is 2.30. The van der Waals surface area contributed by atoms with Crippen molar-refractivity contribution in [3.05, 3.63) is 46.1 Å². The number of sulfonamides is 1. The zero-order valence-corrected chi connectivity index (χ0v) is 18.7. The van der Waals surface area contributed by atoms with Crippen molar-refractivity contribution in [1.29, 1.82) is 0 Å². The second kappa shape index (κ2) is 9.63. The van der Waals surface area contributed by atoms with Crippen molar-refractivity contribution in [1.82, 2.24) is 9.29 Å². The molecule has 0 aliphatic carbocycles. The third-order valence-electron chi connectivity index (χ3n) is 4.14. The van der Waals surface area contributed by atoms with E-state index in [0.29, 0.717) is 18.9 Å². The van der Waals surface area contributed by atoms with Gasteiger partial charge in [-0.2, -0.15) is 4.31 Å². The monoisotopic (exact) mass is 475 g/mol. The van der Waals surface area contributed by atoms with Gasteiger partial charge in [-0.15, -0.1) is 11.8 Å². The summed E-state index contributed by atoms with van der Waals surface area (Å²) in [6.45, 7) is 3.06. The van der Waals surface area contributed by atoms with E-state index in [0.717, 1.165) is 10.8 Å². The van der Waals surface area contributed by atoms with Crippen LogP contribution in [0.5, 0.6) is 0 Å². The molecule has 7 nitrogen and oxygen atoms in total. The molecule has 0 atom stereocenters. The molecule has 2 aromatic rings. The van der Waals surface area contributed by atoms with Gasteiger partial charge in [0.2, 0.25) is 10.0 Å². The van der Waals surface area contributed by atoms with Crippen LogP contribution in [0.4, 0.5) is 5.69 Å². The Morgan fingerprint density at radius 1 is 1.24 bits per heavy atom. The molecular formula is C18H19Cl2N3O4S2. The van der Waals surface area contributed by atoms with Gasteiger partial charge in [0.1, 0.15) is 4.90 Å². The number of ether oxygens (including phenoxy) is 1. The fourth-order valence-electron chi connectivity index (χ4n) is 2.71. The lowest BCUT2D eigenvalue weighted by Gasteiger charge is -2.26. The van der Waals surface area contributed by atoms with E-state index in [1.807, 2.05) is 6.92 Å². The van der Waals surface area contributed by atoms with Crippen LogP contribution in [0.1, 0.15) is 17.3 Å². The molecule has 1 N–H and O–H groups in total. The minimum atomic E-state index is -3.88. The van der Waals surface area contributed by atoms with Gasteiger partial charge in [0.25, 0.3) is 5.91 Å². The summed E-state index contributed by atoms with van der Waals surface area (Å²) in [5, 5.41) is 3.54. The van der Waals surface area contributed by atoms with Crippen LogP contribution in [-0.4, -0.2) is 55.7 Å². The van der Waals surface area contributed by atoms with Crippen molar-refractivity contribution >= 4 is 56.6 Å². The Kier molecular flexibility index (Phi) is 7.42. The Hall–Kier alpha value is -1.36. The van der Waals surface area contributed by atoms with Gasteiger partial charge in [0.05, 0.1) is 45.7 Å². The molecule has 1 aromatic carbocycles. The van der Waals surface area contributed by atoms with Gasteiger partial charge in [0, 0.05) is 13.1 Å². The number of pyridine rings is 1. The smallest absolute Gasteiger partial charge is 0.257 e. The summed E-state index contributed by atoms with van der Waals surface area (Å²) in [4.78, 5) is 16.8. The lowest BCUT2D eigenvalue weighted by Crippen LogP contribution is -2.40. The molecular weight excluding hydrogens is 457 g/mol. The molecule has 1 fully saturated rings. The third kappa shape index (κ3) is 5.22. The number of carbonyl (C=O) groups excluding carboxylic acids is 1. The maximum atomic E-state index is 13.0. The lowest BCUT2D eigenvalue weighted by molar-refractivity contribution is 0.0730. The quantitative estimate of drug-likeness (QED) is 0.639. The zero-order valence-electron chi connectivity index (χ0n) is 15.5. The van der Waals surface area contributed by atoms with E-state index in [-0.39, 0.29) is 33.6 Å². The second-order valence-corrected chi connectivity index (χ2v) is 10.1. The minimum Gasteiger partial charge on any atom is -0.379 e. The predicted octanol–water partition coefficient (Wildman–Crippen LogP) is 3.77. The maximum Gasteiger partial charge on any atom is 0.257 e. The number of amides is 1. The summed E-state index contributed by atoms with van der Waals surface area (Å²) in [6.07, 6.45) is 1.53. The minimum absolute atomic E-state index is 0.00918. The highest BCUT2D eigenvalue weighted by atomic mass is 35.5. The standard InChI is InChI=1S/C18H19Cl2N3O4S2/c1-2-28-17-4-3-12(11-21-17)22-18(24)13-9-16(15(20)10-14(13)19)29(25,26)23-5-7-27-8-6-23/h3-4,9-11H,2,5-8H2,1H3,(H,22,24). The molecule has 0 unspecified atom stereocenters. The Morgan fingerprint density at radius 3 is 2.59 bits per heavy atom. The molecule has 0 saturated carbocycles. The van der Waals surface area contributed by atoms with Gasteiger partial charge in [-0.1, -0.05) is 30.1 Å². The van der Waals surface area contributed by atoms with Crippen LogP contribution >= 0.6 is 35.0 Å². The first-order valence-corrected chi connectivity index (χ1v) is 12.0. The number of thioether (sulfide) groups is 1. The molecule has 1 saturated heterocycles. The van der Waals surface area contributed by atoms with Crippen molar-refractivity contribution in [2.75, 3.05) is 37.4 Å². The summed E-state index contributed by atoms with van der Waals surface area (Å²) in [5.74, 6) is 0.335. The van der Waals surface area contributed by atoms with E-state index in [1.165, 1.54) is 22.6 Å². The molecule has 1 amide bonds. The molecule has 29 heavy (non-hydrogen) atoms. The van der Waals surface area contributed by atoms with Gasteiger partial charge in [-0.3, -0.25) is 4.79 Å². The molecule has 1 aromatic heterocycles. The molecule has 1 aliphatic heterocycles. The van der Waals surface area contributed by atoms with Crippen LogP contribution < -0.4 is 5.32 Å². The van der Waals surface area contributed by atoms with Gasteiger partial charge in [0.15, 0.2) is 0 Å². The number of morpholine rings is 1. The average Bonchev–Trinajstić information content (AvgIpc) is 2.70. The average molecular weight is 476 g/mol. The topological polar surface area (TPSA) is 88.6 Å². The molecule has 11 heteroatoms. The van der Waals surface area contributed by atoms with E-state index in [4.69, 9.17) is 27.9 Å². The molecule has 2 heterocycles. The molecule has 1 aliphatic rings. The van der Waals surface area contributed by atoms with Crippen molar-refractivity contribution in [3.8, 4) is 0 Å². The maximum absolute atomic E-state index is 13.0. The highest BCUT2D eigenvalue weighted by Crippen LogP contribution is 2.31. The van der Waals surface area contributed by atoms with Crippen LogP contribution in [0.2, 0.25) is 10.0 Å². The molecule has 0 bridgehead atoms. The molecule has 3 rings (SSSR count). The van der Waals surface area contributed by atoms with Crippen molar-refractivity contribution in [2.24, 2.45) is 0 Å². The number of carbonyl (C=O) groups is 1. The predicted molar refractivity (Wildman–Crippen MR) is 115 cm³/mol. The normalized spacial score (nSPS) is 15.3. The Balaban J connectivity index is 1.87. The fourth-order valence-corrected chi connectivity index (χ4v) is 5.54. The first-order valence-electron chi connectivity index (χ1n) is 8.80. The Labute approximate surface area is 183 Å². The number of benzene rings is 1. The molecule has 156 valence electrons. The first-order chi connectivity index (χ1) is 13.8. The molecule has 0 radical (unpaired) electrons. The van der Waals surface area contributed by atoms with E-state index < -0.39 is 15.9 Å². The number of hydrogen-bond acceptors (Lipinski definition) is 6.